The number of carbonyl (C=O) groups excluding carboxylic acids is 2. The predicted octanol–water partition coefficient (Wildman–Crippen LogP) is 3.24. The van der Waals surface area contributed by atoms with Crippen LogP contribution in [0, 0.1) is 0 Å². The van der Waals surface area contributed by atoms with Gasteiger partial charge < -0.3 is 0 Å². The van der Waals surface area contributed by atoms with E-state index < -0.39 is 0 Å². The zero-order valence-corrected chi connectivity index (χ0v) is 12.2. The predicted molar refractivity (Wildman–Crippen MR) is 76.6 cm³/mol. The van der Waals surface area contributed by atoms with Crippen molar-refractivity contribution in [2.45, 2.75) is 26.7 Å². The van der Waals surface area contributed by atoms with Crippen molar-refractivity contribution in [2.75, 3.05) is 0 Å². The molecule has 1 aromatic carbocycles. The molecule has 1 amide bonds. The lowest BCUT2D eigenvalue weighted by molar-refractivity contribution is -0.117. The number of amides is 1. The Morgan fingerprint density at radius 3 is 2.68 bits per heavy atom. The number of hydrogen-bond acceptors (Lipinski definition) is 3. The first-order valence-electron chi connectivity index (χ1n) is 5.99. The van der Waals surface area contributed by atoms with E-state index in [1.807, 2.05) is 0 Å². The number of halogens is 1. The highest BCUT2D eigenvalue weighted by Crippen LogP contribution is 2.20. The van der Waals surface area contributed by atoms with E-state index in [9.17, 15) is 9.59 Å². The van der Waals surface area contributed by atoms with Crippen molar-refractivity contribution in [3.8, 4) is 0 Å². The van der Waals surface area contributed by atoms with Gasteiger partial charge in [0.1, 0.15) is 4.67 Å². The summed E-state index contributed by atoms with van der Waals surface area (Å²) in [6, 6.07) is 5.23. The molecule has 0 atom stereocenters. The van der Waals surface area contributed by atoms with E-state index in [4.69, 9.17) is 11.6 Å². The molecule has 0 aliphatic carbocycles. The maximum atomic E-state index is 11.9. The third kappa shape index (κ3) is 2.77. The topological polar surface area (TPSA) is 51.4 Å². The maximum absolute atomic E-state index is 11.9. The van der Waals surface area contributed by atoms with E-state index in [1.165, 1.54) is 11.5 Å². The maximum Gasteiger partial charge on any atom is 0.246 e. The van der Waals surface area contributed by atoms with Gasteiger partial charge in [0.15, 0.2) is 0 Å². The van der Waals surface area contributed by atoms with Crippen molar-refractivity contribution >= 4 is 45.9 Å². The van der Waals surface area contributed by atoms with E-state index in [-0.39, 0.29) is 11.8 Å². The smallest absolute Gasteiger partial charge is 0.246 e. The summed E-state index contributed by atoms with van der Waals surface area (Å²) >= 11 is 7.15. The Morgan fingerprint density at radius 1 is 1.32 bits per heavy atom. The molecule has 0 spiro atoms. The van der Waals surface area contributed by atoms with Gasteiger partial charge in [-0.2, -0.15) is 0 Å². The van der Waals surface area contributed by atoms with Gasteiger partial charge in [0.25, 0.3) is 0 Å². The fraction of sp³-hybridized carbons (Fsp3) is 0.308. The molecule has 2 rings (SSSR count). The number of benzene rings is 1. The van der Waals surface area contributed by atoms with Gasteiger partial charge in [-0.1, -0.05) is 25.4 Å². The molecule has 2 aromatic rings. The second kappa shape index (κ2) is 5.67. The zero-order valence-electron chi connectivity index (χ0n) is 10.6. The normalized spacial score (nSPS) is 12.1. The van der Waals surface area contributed by atoms with Crippen molar-refractivity contribution in [3.05, 3.63) is 27.9 Å². The third-order valence-corrected chi connectivity index (χ3v) is 3.95. The Hall–Kier alpha value is -1.46. The summed E-state index contributed by atoms with van der Waals surface area (Å²) in [5.41, 5.74) is 0.740. The Bertz CT molecular complexity index is 715. The second-order valence-corrected chi connectivity index (χ2v) is 5.33. The molecule has 19 heavy (non-hydrogen) atoms. The van der Waals surface area contributed by atoms with Gasteiger partial charge in [-0.15, -0.1) is 0 Å². The average Bonchev–Trinajstić information content (AvgIpc) is 2.76. The van der Waals surface area contributed by atoms with Gasteiger partial charge in [-0.05, 0) is 29.7 Å². The van der Waals surface area contributed by atoms with Crippen molar-refractivity contribution in [3.63, 3.8) is 0 Å². The van der Waals surface area contributed by atoms with Crippen LogP contribution in [0.5, 0.6) is 0 Å². The molecular weight excluding hydrogens is 284 g/mol. The summed E-state index contributed by atoms with van der Waals surface area (Å²) in [4.78, 5) is 27.4. The Labute approximate surface area is 119 Å². The molecule has 1 heterocycles. The quantitative estimate of drug-likeness (QED) is 0.854. The lowest BCUT2D eigenvalue weighted by Gasteiger charge is -1.98. The SMILES string of the molecule is CCC(=O)N=c1sn(C(=O)CC)c2ccc(Cl)cc12. The number of aromatic nitrogens is 1. The molecule has 0 N–H and O–H groups in total. The number of carbonyl (C=O) groups is 2. The van der Waals surface area contributed by atoms with Crippen LogP contribution in [0.4, 0.5) is 0 Å². The number of nitrogens with zero attached hydrogens (tertiary/aromatic N) is 2. The van der Waals surface area contributed by atoms with Gasteiger partial charge >= 0.3 is 0 Å². The fourth-order valence-electron chi connectivity index (χ4n) is 1.64. The summed E-state index contributed by atoms with van der Waals surface area (Å²) in [6.07, 6.45) is 0.728. The van der Waals surface area contributed by atoms with Crippen LogP contribution in [0.15, 0.2) is 23.2 Å². The van der Waals surface area contributed by atoms with Crippen LogP contribution in [0.25, 0.3) is 10.9 Å². The van der Waals surface area contributed by atoms with Crippen molar-refractivity contribution < 1.29 is 9.59 Å². The first kappa shape index (κ1) is 14.0. The largest absolute Gasteiger partial charge is 0.273 e. The Morgan fingerprint density at radius 2 is 2.05 bits per heavy atom. The molecule has 0 aliphatic rings. The highest BCUT2D eigenvalue weighted by molar-refractivity contribution is 7.06. The van der Waals surface area contributed by atoms with Crippen molar-refractivity contribution in [1.29, 1.82) is 0 Å². The molecule has 4 nitrogen and oxygen atoms in total. The molecule has 0 radical (unpaired) electrons. The van der Waals surface area contributed by atoms with E-state index in [2.05, 4.69) is 4.99 Å². The van der Waals surface area contributed by atoms with Crippen LogP contribution < -0.4 is 4.67 Å². The molecule has 100 valence electrons. The molecular formula is C13H13ClN2O2S. The van der Waals surface area contributed by atoms with Gasteiger partial charge in [0.05, 0.1) is 5.52 Å². The molecule has 0 saturated carbocycles. The number of fused-ring (bicyclic) bond motifs is 1. The van der Waals surface area contributed by atoms with Gasteiger partial charge in [-0.3, -0.25) is 9.59 Å². The lowest BCUT2D eigenvalue weighted by atomic mass is 10.2. The van der Waals surface area contributed by atoms with Gasteiger partial charge in [0.2, 0.25) is 11.8 Å². The Balaban J connectivity index is 2.77. The van der Waals surface area contributed by atoms with Crippen LogP contribution in [-0.4, -0.2) is 15.8 Å². The lowest BCUT2D eigenvalue weighted by Crippen LogP contribution is -2.05. The van der Waals surface area contributed by atoms with Crippen LogP contribution in [0.3, 0.4) is 0 Å². The third-order valence-electron chi connectivity index (χ3n) is 2.64. The van der Waals surface area contributed by atoms with Gasteiger partial charge in [-0.25, -0.2) is 8.95 Å². The molecule has 6 heteroatoms. The summed E-state index contributed by atoms with van der Waals surface area (Å²) < 4.78 is 2.10. The van der Waals surface area contributed by atoms with Gasteiger partial charge in [0, 0.05) is 23.3 Å². The molecule has 0 unspecified atom stereocenters. The summed E-state index contributed by atoms with van der Waals surface area (Å²) in [5.74, 6) is -0.234. The number of hydrogen-bond donors (Lipinski definition) is 0. The van der Waals surface area contributed by atoms with Crippen LogP contribution in [-0.2, 0) is 4.79 Å². The fourth-order valence-corrected chi connectivity index (χ4v) is 2.88. The molecule has 1 aromatic heterocycles. The first-order chi connectivity index (χ1) is 9.06. The molecule has 0 aliphatic heterocycles. The minimum atomic E-state index is -0.209. The zero-order chi connectivity index (χ0) is 14.0. The number of rotatable bonds is 2. The summed E-state index contributed by atoms with van der Waals surface area (Å²) in [5, 5.41) is 1.29. The van der Waals surface area contributed by atoms with Crippen LogP contribution in [0.1, 0.15) is 31.5 Å². The molecule has 0 fully saturated rings. The van der Waals surface area contributed by atoms with E-state index >= 15 is 0 Å². The molecule has 0 bridgehead atoms. The van der Waals surface area contributed by atoms with Crippen LogP contribution in [0.2, 0.25) is 5.02 Å². The van der Waals surface area contributed by atoms with E-state index in [0.29, 0.717) is 22.5 Å². The van der Waals surface area contributed by atoms with E-state index in [0.717, 1.165) is 10.9 Å². The standard InChI is InChI=1S/C13H13ClN2O2S/c1-3-11(17)15-13-9-7-8(14)5-6-10(9)16(19-13)12(18)4-2/h5-7H,3-4H2,1-2H3. The van der Waals surface area contributed by atoms with Crippen molar-refractivity contribution in [1.82, 2.24) is 3.96 Å². The Kier molecular flexibility index (Phi) is 4.17. The van der Waals surface area contributed by atoms with Crippen molar-refractivity contribution in [2.24, 2.45) is 4.99 Å². The average molecular weight is 297 g/mol. The minimum absolute atomic E-state index is 0.0253. The van der Waals surface area contributed by atoms with E-state index in [1.54, 1.807) is 36.0 Å². The highest BCUT2D eigenvalue weighted by Gasteiger charge is 2.12. The second-order valence-electron chi connectivity index (χ2n) is 3.96. The summed E-state index contributed by atoms with van der Waals surface area (Å²) in [7, 11) is 0. The molecule has 0 saturated heterocycles. The minimum Gasteiger partial charge on any atom is -0.273 e. The first-order valence-corrected chi connectivity index (χ1v) is 7.14. The monoisotopic (exact) mass is 296 g/mol. The highest BCUT2D eigenvalue weighted by atomic mass is 35.5. The van der Waals surface area contributed by atoms with Crippen LogP contribution >= 0.6 is 23.1 Å². The summed E-state index contributed by atoms with van der Waals surface area (Å²) in [6.45, 7) is 3.55.